The molecule has 30 heavy (non-hydrogen) atoms. The normalized spacial score (nSPS) is 20.5. The third-order valence-corrected chi connectivity index (χ3v) is 5.77. The van der Waals surface area contributed by atoms with Crippen LogP contribution in [-0.2, 0) is 19.1 Å². The van der Waals surface area contributed by atoms with E-state index in [1.54, 1.807) is 56.3 Å². The molecule has 4 rings (SSSR count). The summed E-state index contributed by atoms with van der Waals surface area (Å²) in [6.07, 6.45) is 0. The van der Waals surface area contributed by atoms with Crippen LogP contribution in [0, 0.1) is 12.8 Å². The van der Waals surface area contributed by atoms with Gasteiger partial charge in [0.1, 0.15) is 12.0 Å². The van der Waals surface area contributed by atoms with Crippen LogP contribution >= 0.6 is 23.2 Å². The van der Waals surface area contributed by atoms with Gasteiger partial charge in [-0.2, -0.15) is 5.10 Å². The van der Waals surface area contributed by atoms with Gasteiger partial charge in [-0.1, -0.05) is 29.3 Å². The summed E-state index contributed by atoms with van der Waals surface area (Å²) in [5.74, 6) is -2.84. The lowest BCUT2D eigenvalue weighted by atomic mass is 9.98. The third-order valence-electron chi connectivity index (χ3n) is 5.10. The van der Waals surface area contributed by atoms with Crippen molar-refractivity contribution in [2.45, 2.75) is 19.9 Å². The van der Waals surface area contributed by atoms with Gasteiger partial charge in [-0.15, -0.1) is 0 Å². The summed E-state index contributed by atoms with van der Waals surface area (Å²) in [5.41, 5.74) is 1.40. The summed E-state index contributed by atoms with van der Waals surface area (Å²) in [6, 6.07) is 10.6. The number of benzene rings is 2. The van der Waals surface area contributed by atoms with E-state index in [0.29, 0.717) is 27.0 Å². The van der Waals surface area contributed by atoms with Crippen molar-refractivity contribution in [3.8, 4) is 0 Å². The highest BCUT2D eigenvalue weighted by Gasteiger charge is 2.59. The summed E-state index contributed by atoms with van der Waals surface area (Å²) in [4.78, 5) is 40.4. The van der Waals surface area contributed by atoms with Gasteiger partial charge in [0, 0.05) is 10.0 Å². The quantitative estimate of drug-likeness (QED) is 0.530. The van der Waals surface area contributed by atoms with Crippen molar-refractivity contribution in [2.24, 2.45) is 11.0 Å². The van der Waals surface area contributed by atoms with E-state index in [4.69, 9.17) is 27.9 Å². The molecule has 0 radical (unpaired) electrons. The number of esters is 1. The molecule has 1 saturated heterocycles. The molecule has 2 aliphatic heterocycles. The van der Waals surface area contributed by atoms with E-state index in [0.717, 1.165) is 4.90 Å². The third kappa shape index (κ3) is 3.14. The number of amides is 2. The lowest BCUT2D eigenvalue weighted by Crippen LogP contribution is -2.39. The van der Waals surface area contributed by atoms with E-state index in [9.17, 15) is 14.4 Å². The molecular formula is C21H17Cl2N3O4. The molecule has 2 amide bonds. The van der Waals surface area contributed by atoms with Crippen LogP contribution in [0.2, 0.25) is 10.0 Å². The second-order valence-electron chi connectivity index (χ2n) is 6.85. The molecule has 2 heterocycles. The number of halogens is 2. The van der Waals surface area contributed by atoms with Crippen LogP contribution in [0.25, 0.3) is 0 Å². The van der Waals surface area contributed by atoms with E-state index in [-0.39, 0.29) is 12.3 Å². The monoisotopic (exact) mass is 445 g/mol. The SMILES string of the molecule is CCOC(=O)C1=NN(c2ccc(Cl)cc2)[C@H]2C(=O)N(c3cccc(Cl)c3C)C(=O)[C@@H]12. The van der Waals surface area contributed by atoms with Crippen molar-refractivity contribution in [1.82, 2.24) is 0 Å². The highest BCUT2D eigenvalue weighted by Crippen LogP contribution is 2.40. The first-order chi connectivity index (χ1) is 14.3. The predicted molar refractivity (Wildman–Crippen MR) is 114 cm³/mol. The number of fused-ring (bicyclic) bond motifs is 1. The fraction of sp³-hybridized carbons (Fsp3) is 0.238. The Balaban J connectivity index is 1.82. The second-order valence-corrected chi connectivity index (χ2v) is 7.69. The molecule has 0 aromatic heterocycles. The van der Waals surface area contributed by atoms with E-state index >= 15 is 0 Å². The lowest BCUT2D eigenvalue weighted by molar-refractivity contribution is -0.136. The Bertz CT molecular complexity index is 1080. The van der Waals surface area contributed by atoms with Gasteiger partial charge in [0.25, 0.3) is 5.91 Å². The summed E-state index contributed by atoms with van der Waals surface area (Å²) < 4.78 is 5.08. The van der Waals surface area contributed by atoms with Crippen LogP contribution in [0.15, 0.2) is 47.6 Å². The molecule has 2 aromatic rings. The zero-order chi connectivity index (χ0) is 21.6. The first-order valence-corrected chi connectivity index (χ1v) is 10.0. The van der Waals surface area contributed by atoms with Crippen molar-refractivity contribution < 1.29 is 19.1 Å². The highest BCUT2D eigenvalue weighted by molar-refractivity contribution is 6.47. The molecule has 0 unspecified atom stereocenters. The van der Waals surface area contributed by atoms with Crippen molar-refractivity contribution in [1.29, 1.82) is 0 Å². The zero-order valence-corrected chi connectivity index (χ0v) is 17.6. The Morgan fingerprint density at radius 2 is 1.80 bits per heavy atom. The summed E-state index contributed by atoms with van der Waals surface area (Å²) in [6.45, 7) is 3.50. The van der Waals surface area contributed by atoms with Crippen LogP contribution in [0.4, 0.5) is 11.4 Å². The standard InChI is InChI=1S/C21H17Cl2N3O4/c1-3-30-21(29)17-16-18(26(24-17)13-9-7-12(22)8-10-13)20(28)25(19(16)27)15-6-4-5-14(23)11(15)2/h4-10,16,18H,3H2,1-2H3/t16-,18+/m0/s1. The minimum absolute atomic E-state index is 0.0997. The maximum Gasteiger partial charge on any atom is 0.355 e. The predicted octanol–water partition coefficient (Wildman–Crippen LogP) is 3.60. The summed E-state index contributed by atoms with van der Waals surface area (Å²) >= 11 is 12.2. The fourth-order valence-electron chi connectivity index (χ4n) is 3.67. The molecule has 154 valence electrons. The van der Waals surface area contributed by atoms with Crippen LogP contribution < -0.4 is 9.91 Å². The van der Waals surface area contributed by atoms with Crippen molar-refractivity contribution in [3.63, 3.8) is 0 Å². The van der Waals surface area contributed by atoms with Gasteiger partial charge >= 0.3 is 5.97 Å². The van der Waals surface area contributed by atoms with Gasteiger partial charge in [-0.3, -0.25) is 14.6 Å². The average molecular weight is 446 g/mol. The molecule has 9 heteroatoms. The van der Waals surface area contributed by atoms with Gasteiger partial charge < -0.3 is 4.74 Å². The molecule has 0 bridgehead atoms. The number of anilines is 2. The van der Waals surface area contributed by atoms with Crippen molar-refractivity contribution >= 4 is 58.1 Å². The molecule has 0 saturated carbocycles. The second kappa shape index (κ2) is 7.74. The zero-order valence-electron chi connectivity index (χ0n) is 16.1. The lowest BCUT2D eigenvalue weighted by Gasteiger charge is -2.23. The fourth-order valence-corrected chi connectivity index (χ4v) is 3.97. The molecule has 2 aromatic carbocycles. The number of nitrogens with zero attached hydrogens (tertiary/aromatic N) is 3. The molecule has 0 spiro atoms. The summed E-state index contributed by atoms with van der Waals surface area (Å²) in [7, 11) is 0. The summed E-state index contributed by atoms with van der Waals surface area (Å²) in [5, 5.41) is 6.62. The molecule has 2 aliphatic rings. The Kier molecular flexibility index (Phi) is 5.26. The van der Waals surface area contributed by atoms with Crippen molar-refractivity contribution in [3.05, 3.63) is 58.1 Å². The maximum absolute atomic E-state index is 13.4. The molecule has 0 N–H and O–H groups in total. The molecule has 2 atom stereocenters. The molecule has 1 fully saturated rings. The Morgan fingerprint density at radius 3 is 2.47 bits per heavy atom. The number of carbonyl (C=O) groups excluding carboxylic acids is 3. The Labute approximate surface area is 182 Å². The van der Waals surface area contributed by atoms with Crippen LogP contribution in [0.1, 0.15) is 12.5 Å². The number of ether oxygens (including phenoxy) is 1. The van der Waals surface area contributed by atoms with Gasteiger partial charge in [-0.05, 0) is 55.8 Å². The van der Waals surface area contributed by atoms with E-state index in [2.05, 4.69) is 5.10 Å². The van der Waals surface area contributed by atoms with Crippen LogP contribution in [-0.4, -0.2) is 36.1 Å². The van der Waals surface area contributed by atoms with Gasteiger partial charge in [0.15, 0.2) is 5.71 Å². The smallest absolute Gasteiger partial charge is 0.355 e. The average Bonchev–Trinajstić information content (AvgIpc) is 3.23. The van der Waals surface area contributed by atoms with E-state index in [1.165, 1.54) is 5.01 Å². The van der Waals surface area contributed by atoms with Crippen molar-refractivity contribution in [2.75, 3.05) is 16.5 Å². The highest BCUT2D eigenvalue weighted by atomic mass is 35.5. The van der Waals surface area contributed by atoms with Gasteiger partial charge in [0.2, 0.25) is 5.91 Å². The van der Waals surface area contributed by atoms with Gasteiger partial charge in [0.05, 0.1) is 18.0 Å². The Morgan fingerprint density at radius 1 is 1.10 bits per heavy atom. The largest absolute Gasteiger partial charge is 0.461 e. The number of hydrogen-bond donors (Lipinski definition) is 0. The minimum Gasteiger partial charge on any atom is -0.461 e. The number of hydrazone groups is 1. The number of carbonyl (C=O) groups is 3. The molecule has 0 aliphatic carbocycles. The van der Waals surface area contributed by atoms with E-state index in [1.807, 2.05) is 0 Å². The Hall–Kier alpha value is -2.90. The van der Waals surface area contributed by atoms with Crippen LogP contribution in [0.5, 0.6) is 0 Å². The van der Waals surface area contributed by atoms with Crippen LogP contribution in [0.3, 0.4) is 0 Å². The van der Waals surface area contributed by atoms with Gasteiger partial charge in [-0.25, -0.2) is 9.69 Å². The molecular weight excluding hydrogens is 429 g/mol. The first kappa shape index (κ1) is 20.4. The maximum atomic E-state index is 13.4. The topological polar surface area (TPSA) is 79.3 Å². The minimum atomic E-state index is -1.08. The first-order valence-electron chi connectivity index (χ1n) is 9.28. The number of imide groups is 1. The van der Waals surface area contributed by atoms with E-state index < -0.39 is 29.7 Å². The number of hydrogen-bond acceptors (Lipinski definition) is 6. The number of rotatable bonds is 4. The molecule has 7 nitrogen and oxygen atoms in total.